The Balaban J connectivity index is 1.30. The molecule has 0 radical (unpaired) electrons. The van der Waals surface area contributed by atoms with Crippen LogP contribution in [-0.4, -0.2) is 0 Å². The predicted molar refractivity (Wildman–Crippen MR) is 165 cm³/mol. The van der Waals surface area contributed by atoms with Crippen molar-refractivity contribution in [3.05, 3.63) is 139 Å². The van der Waals surface area contributed by atoms with Gasteiger partial charge in [0.2, 0.25) is 0 Å². The van der Waals surface area contributed by atoms with Crippen molar-refractivity contribution >= 4 is 38.0 Å². The van der Waals surface area contributed by atoms with Gasteiger partial charge in [-0.15, -0.1) is 0 Å². The van der Waals surface area contributed by atoms with Gasteiger partial charge in [-0.1, -0.05) is 103 Å². The number of ether oxygens (including phenoxy) is 1. The van der Waals surface area contributed by atoms with Crippen LogP contribution in [0.4, 0.5) is 5.69 Å². The molecular weight excluding hydrogens is 474 g/mol. The van der Waals surface area contributed by atoms with Crippen LogP contribution in [0.1, 0.15) is 5.56 Å². The summed E-state index contributed by atoms with van der Waals surface area (Å²) < 4.78 is 6.09. The Labute approximate surface area is 227 Å². The van der Waals surface area contributed by atoms with E-state index in [-0.39, 0.29) is 0 Å². The fraction of sp³-hybridized carbons (Fsp3) is 0.0270. The maximum absolute atomic E-state index is 6.25. The van der Waals surface area contributed by atoms with Crippen LogP contribution < -0.4 is 10.5 Å². The Morgan fingerprint density at radius 1 is 0.462 bits per heavy atom. The van der Waals surface area contributed by atoms with Crippen LogP contribution in [0.25, 0.3) is 54.6 Å². The lowest BCUT2D eigenvalue weighted by Gasteiger charge is -2.14. The minimum atomic E-state index is 0.618. The smallest absolute Gasteiger partial charge is 0.150 e. The molecule has 0 aliphatic rings. The third kappa shape index (κ3) is 4.07. The van der Waals surface area contributed by atoms with E-state index in [4.69, 9.17) is 10.5 Å². The summed E-state index contributed by atoms with van der Waals surface area (Å²) >= 11 is 0. The monoisotopic (exact) mass is 501 g/mol. The summed E-state index contributed by atoms with van der Waals surface area (Å²) in [4.78, 5) is 0. The van der Waals surface area contributed by atoms with Crippen molar-refractivity contribution in [2.75, 3.05) is 5.73 Å². The summed E-state index contributed by atoms with van der Waals surface area (Å²) in [6, 6.07) is 46.7. The lowest BCUT2D eigenvalue weighted by atomic mass is 9.91. The molecule has 2 N–H and O–H groups in total. The van der Waals surface area contributed by atoms with Crippen molar-refractivity contribution in [1.82, 2.24) is 0 Å². The fourth-order valence-electron chi connectivity index (χ4n) is 5.66. The molecule has 0 saturated heterocycles. The molecule has 0 saturated carbocycles. The van der Waals surface area contributed by atoms with Gasteiger partial charge in [0.15, 0.2) is 5.75 Å². The number of nitrogens with two attached hydrogens (primary N) is 1. The van der Waals surface area contributed by atoms with Gasteiger partial charge >= 0.3 is 0 Å². The first-order valence-corrected chi connectivity index (χ1v) is 13.2. The van der Waals surface area contributed by atoms with E-state index in [1.165, 1.54) is 49.0 Å². The molecule has 2 nitrogen and oxygen atoms in total. The summed E-state index contributed by atoms with van der Waals surface area (Å²) in [5.74, 6) is 1.43. The normalized spacial score (nSPS) is 11.3. The first-order valence-electron chi connectivity index (χ1n) is 13.2. The van der Waals surface area contributed by atoms with Crippen molar-refractivity contribution < 1.29 is 4.74 Å². The Hall–Kier alpha value is -5.08. The summed E-state index contributed by atoms with van der Waals surface area (Å²) in [5, 5.41) is 7.74. The average Bonchev–Trinajstić information content (AvgIpc) is 2.99. The molecular formula is C37H27NO. The van der Waals surface area contributed by atoms with Crippen molar-refractivity contribution in [2.24, 2.45) is 0 Å². The number of hydrogen-bond donors (Lipinski definition) is 1. The minimum absolute atomic E-state index is 0.618. The molecule has 0 heterocycles. The van der Waals surface area contributed by atoms with Crippen LogP contribution in [-0.2, 0) is 0 Å². The number of rotatable bonds is 4. The molecule has 0 bridgehead atoms. The van der Waals surface area contributed by atoms with Gasteiger partial charge in [-0.05, 0) is 97.4 Å². The number of fused-ring (bicyclic) bond motifs is 6. The molecule has 2 heteroatoms. The van der Waals surface area contributed by atoms with Crippen molar-refractivity contribution in [3.8, 4) is 33.8 Å². The first kappa shape index (κ1) is 23.1. The fourth-order valence-corrected chi connectivity index (χ4v) is 5.66. The molecule has 39 heavy (non-hydrogen) atoms. The van der Waals surface area contributed by atoms with E-state index in [2.05, 4.69) is 97.9 Å². The Morgan fingerprint density at radius 3 is 1.67 bits per heavy atom. The molecule has 7 aromatic rings. The third-order valence-electron chi connectivity index (χ3n) is 7.60. The van der Waals surface area contributed by atoms with Crippen molar-refractivity contribution in [1.29, 1.82) is 0 Å². The quantitative estimate of drug-likeness (QED) is 0.192. The number of benzene rings is 7. The molecule has 0 fully saturated rings. The highest BCUT2D eigenvalue weighted by Crippen LogP contribution is 2.38. The molecule has 186 valence electrons. The van der Waals surface area contributed by atoms with Crippen LogP contribution >= 0.6 is 0 Å². The summed E-state index contributed by atoms with van der Waals surface area (Å²) in [7, 11) is 0. The minimum Gasteiger partial charge on any atom is -0.455 e. The number of hydrogen-bond acceptors (Lipinski definition) is 2. The highest BCUT2D eigenvalue weighted by Gasteiger charge is 2.12. The molecule has 0 aliphatic heterocycles. The second-order valence-electron chi connectivity index (χ2n) is 10.0. The second kappa shape index (κ2) is 9.34. The number of para-hydroxylation sites is 1. The molecule has 7 aromatic carbocycles. The number of nitrogen functional groups attached to an aromatic ring is 1. The van der Waals surface area contributed by atoms with Gasteiger partial charge in [-0.25, -0.2) is 0 Å². The first-order chi connectivity index (χ1) is 19.2. The van der Waals surface area contributed by atoms with Gasteiger partial charge in [0.25, 0.3) is 0 Å². The maximum Gasteiger partial charge on any atom is 0.150 e. The van der Waals surface area contributed by atoms with E-state index in [9.17, 15) is 0 Å². The van der Waals surface area contributed by atoms with Gasteiger partial charge < -0.3 is 10.5 Å². The van der Waals surface area contributed by atoms with Crippen LogP contribution in [0.2, 0.25) is 0 Å². The van der Waals surface area contributed by atoms with E-state index in [1.807, 2.05) is 42.5 Å². The van der Waals surface area contributed by atoms with Crippen molar-refractivity contribution in [2.45, 2.75) is 6.92 Å². The molecule has 0 atom stereocenters. The van der Waals surface area contributed by atoms with Crippen LogP contribution in [0, 0.1) is 6.92 Å². The topological polar surface area (TPSA) is 35.2 Å². The zero-order valence-electron chi connectivity index (χ0n) is 21.7. The van der Waals surface area contributed by atoms with Gasteiger partial charge in [0.1, 0.15) is 5.75 Å². The van der Waals surface area contributed by atoms with Crippen LogP contribution in [0.15, 0.2) is 133 Å². The van der Waals surface area contributed by atoms with Gasteiger partial charge in [-0.2, -0.15) is 0 Å². The summed E-state index contributed by atoms with van der Waals surface area (Å²) in [5.41, 5.74) is 12.7. The van der Waals surface area contributed by atoms with E-state index in [1.54, 1.807) is 0 Å². The second-order valence-corrected chi connectivity index (χ2v) is 10.0. The molecule has 0 amide bonds. The molecule has 0 aromatic heterocycles. The largest absolute Gasteiger partial charge is 0.455 e. The van der Waals surface area contributed by atoms with E-state index < -0.39 is 0 Å². The molecule has 7 rings (SSSR count). The zero-order valence-corrected chi connectivity index (χ0v) is 21.7. The predicted octanol–water partition coefficient (Wildman–Crippen LogP) is 10.2. The SMILES string of the molecule is Cc1cc(-c2ccc3c4ccccc4c4ccccc4c3c2)ccc1-c1ccc(N)c(Oc2ccccc2)c1. The van der Waals surface area contributed by atoms with Gasteiger partial charge in [0, 0.05) is 0 Å². The van der Waals surface area contributed by atoms with Gasteiger partial charge in [-0.3, -0.25) is 0 Å². The lowest BCUT2D eigenvalue weighted by Crippen LogP contribution is -1.93. The molecule has 0 spiro atoms. The van der Waals surface area contributed by atoms with E-state index in [0.29, 0.717) is 11.4 Å². The standard InChI is InChI=1S/C37H27NO/c1-24-21-25(15-18-29(24)27-17-20-36(38)37(23-27)39-28-9-3-2-4-10-28)26-16-19-34-32-13-6-5-11-30(32)31-12-7-8-14-33(31)35(34)22-26/h2-23H,38H2,1H3. The maximum atomic E-state index is 6.25. The van der Waals surface area contributed by atoms with Crippen molar-refractivity contribution in [3.63, 3.8) is 0 Å². The van der Waals surface area contributed by atoms with Crippen LogP contribution in [0.5, 0.6) is 11.5 Å². The van der Waals surface area contributed by atoms with E-state index >= 15 is 0 Å². The van der Waals surface area contributed by atoms with Crippen LogP contribution in [0.3, 0.4) is 0 Å². The average molecular weight is 502 g/mol. The summed E-state index contributed by atoms with van der Waals surface area (Å²) in [6.07, 6.45) is 0. The molecule has 0 aliphatic carbocycles. The zero-order chi connectivity index (χ0) is 26.3. The van der Waals surface area contributed by atoms with E-state index in [0.717, 1.165) is 16.9 Å². The summed E-state index contributed by atoms with van der Waals surface area (Å²) in [6.45, 7) is 2.16. The Morgan fingerprint density at radius 2 is 1.00 bits per heavy atom. The Bertz CT molecular complexity index is 1970. The lowest BCUT2D eigenvalue weighted by molar-refractivity contribution is 0.485. The molecule has 0 unspecified atom stereocenters. The third-order valence-corrected chi connectivity index (χ3v) is 7.60. The number of aryl methyl sites for hydroxylation is 1. The van der Waals surface area contributed by atoms with Gasteiger partial charge in [0.05, 0.1) is 5.69 Å². The highest BCUT2D eigenvalue weighted by atomic mass is 16.5. The highest BCUT2D eigenvalue weighted by molar-refractivity contribution is 6.25. The number of anilines is 1. The Kier molecular flexibility index (Phi) is 5.53.